The third kappa shape index (κ3) is 2.94. The number of fused-ring (bicyclic) bond motifs is 1. The molecule has 25 heavy (non-hydrogen) atoms. The van der Waals surface area contributed by atoms with Crippen LogP contribution in [-0.2, 0) is 0 Å². The molecule has 0 radical (unpaired) electrons. The maximum atomic E-state index is 11.3. The van der Waals surface area contributed by atoms with Crippen LogP contribution in [0.3, 0.4) is 0 Å². The summed E-state index contributed by atoms with van der Waals surface area (Å²) in [6.45, 7) is 1.61. The van der Waals surface area contributed by atoms with Gasteiger partial charge in [0, 0.05) is 23.8 Å². The molecule has 0 aliphatic heterocycles. The Hall–Kier alpha value is -3.98. The SMILES string of the molecule is C[C@H](C#N)Nc1cc(-n2ncc3cc(C#N)cnc32)ncc1C(=O)O. The smallest absolute Gasteiger partial charge is 0.339 e. The molecule has 3 heterocycles. The minimum Gasteiger partial charge on any atom is -0.478 e. The van der Waals surface area contributed by atoms with E-state index in [0.29, 0.717) is 22.4 Å². The van der Waals surface area contributed by atoms with Crippen LogP contribution in [0.15, 0.2) is 30.7 Å². The van der Waals surface area contributed by atoms with Gasteiger partial charge < -0.3 is 10.4 Å². The first kappa shape index (κ1) is 15.9. The second kappa shape index (κ2) is 6.26. The third-order valence-corrected chi connectivity index (χ3v) is 3.44. The Morgan fingerprint density at radius 3 is 2.76 bits per heavy atom. The highest BCUT2D eigenvalue weighted by atomic mass is 16.4. The van der Waals surface area contributed by atoms with Crippen LogP contribution in [0.4, 0.5) is 5.69 Å². The summed E-state index contributed by atoms with van der Waals surface area (Å²) in [7, 11) is 0. The number of nitrogens with zero attached hydrogens (tertiary/aromatic N) is 6. The van der Waals surface area contributed by atoms with Crippen LogP contribution in [0.1, 0.15) is 22.8 Å². The Morgan fingerprint density at radius 1 is 1.28 bits per heavy atom. The van der Waals surface area contributed by atoms with E-state index in [2.05, 4.69) is 20.4 Å². The number of anilines is 1. The predicted octanol–water partition coefficient (Wildman–Crippen LogP) is 1.71. The Kier molecular flexibility index (Phi) is 3.98. The standard InChI is InChI=1S/C16H11N7O2/c1-9(4-17)22-13-3-14(19-8-12(13)16(24)25)23-15-11(7-21-23)2-10(5-18)6-20-15/h2-3,6-9H,1H3,(H,19,22)(H,24,25)/t9-/m1/s1. The zero-order valence-corrected chi connectivity index (χ0v) is 13.0. The summed E-state index contributed by atoms with van der Waals surface area (Å²) in [5.74, 6) is -0.821. The molecule has 0 aliphatic carbocycles. The van der Waals surface area contributed by atoms with E-state index < -0.39 is 12.0 Å². The number of hydrogen-bond acceptors (Lipinski definition) is 7. The summed E-state index contributed by atoms with van der Waals surface area (Å²) >= 11 is 0. The Balaban J connectivity index is 2.12. The molecule has 1 atom stereocenters. The van der Waals surface area contributed by atoms with Crippen LogP contribution >= 0.6 is 0 Å². The molecule has 122 valence electrons. The Labute approximate surface area is 141 Å². The van der Waals surface area contributed by atoms with Gasteiger partial charge in [-0.05, 0) is 13.0 Å². The highest BCUT2D eigenvalue weighted by Crippen LogP contribution is 2.22. The minimum absolute atomic E-state index is 0.0537. The molecule has 0 fully saturated rings. The van der Waals surface area contributed by atoms with Crippen molar-refractivity contribution in [1.82, 2.24) is 19.7 Å². The second-order valence-electron chi connectivity index (χ2n) is 5.19. The van der Waals surface area contributed by atoms with Gasteiger partial charge in [-0.15, -0.1) is 0 Å². The average Bonchev–Trinajstić information content (AvgIpc) is 3.04. The summed E-state index contributed by atoms with van der Waals surface area (Å²) in [4.78, 5) is 19.7. The molecule has 0 aromatic carbocycles. The molecule has 9 heteroatoms. The number of rotatable bonds is 4. The predicted molar refractivity (Wildman–Crippen MR) is 87.0 cm³/mol. The third-order valence-electron chi connectivity index (χ3n) is 3.44. The van der Waals surface area contributed by atoms with Gasteiger partial charge in [-0.25, -0.2) is 14.8 Å². The maximum Gasteiger partial charge on any atom is 0.339 e. The maximum absolute atomic E-state index is 11.3. The zero-order valence-electron chi connectivity index (χ0n) is 13.0. The molecule has 9 nitrogen and oxygen atoms in total. The van der Waals surface area contributed by atoms with Crippen molar-refractivity contribution in [2.75, 3.05) is 5.32 Å². The molecule has 0 saturated heterocycles. The first-order valence-electron chi connectivity index (χ1n) is 7.17. The fraction of sp³-hybridized carbons (Fsp3) is 0.125. The zero-order chi connectivity index (χ0) is 18.0. The highest BCUT2D eigenvalue weighted by molar-refractivity contribution is 5.94. The number of nitrogens with one attached hydrogen (secondary N) is 1. The van der Waals surface area contributed by atoms with Gasteiger partial charge in [-0.2, -0.15) is 20.3 Å². The van der Waals surface area contributed by atoms with Crippen molar-refractivity contribution in [3.05, 3.63) is 41.9 Å². The van der Waals surface area contributed by atoms with Gasteiger partial charge in [0.15, 0.2) is 11.5 Å². The van der Waals surface area contributed by atoms with E-state index in [0.717, 1.165) is 0 Å². The van der Waals surface area contributed by atoms with Crippen molar-refractivity contribution in [2.45, 2.75) is 13.0 Å². The number of carboxylic acid groups (broad SMARTS) is 1. The van der Waals surface area contributed by atoms with E-state index in [9.17, 15) is 9.90 Å². The van der Waals surface area contributed by atoms with Crippen molar-refractivity contribution >= 4 is 22.7 Å². The van der Waals surface area contributed by atoms with Crippen molar-refractivity contribution in [2.24, 2.45) is 0 Å². The van der Waals surface area contributed by atoms with E-state index >= 15 is 0 Å². The van der Waals surface area contributed by atoms with Gasteiger partial charge in [0.25, 0.3) is 0 Å². The van der Waals surface area contributed by atoms with Crippen molar-refractivity contribution in [1.29, 1.82) is 10.5 Å². The highest BCUT2D eigenvalue weighted by Gasteiger charge is 2.16. The van der Waals surface area contributed by atoms with Gasteiger partial charge >= 0.3 is 5.97 Å². The number of pyridine rings is 2. The molecule has 3 aromatic rings. The lowest BCUT2D eigenvalue weighted by Crippen LogP contribution is -2.16. The molecule has 2 N–H and O–H groups in total. The molecule has 0 unspecified atom stereocenters. The topological polar surface area (TPSA) is 141 Å². The molecule has 0 bridgehead atoms. The van der Waals surface area contributed by atoms with Crippen LogP contribution in [-0.4, -0.2) is 36.9 Å². The molecule has 0 spiro atoms. The van der Waals surface area contributed by atoms with Crippen molar-refractivity contribution in [3.8, 4) is 18.0 Å². The van der Waals surface area contributed by atoms with Gasteiger partial charge in [0.05, 0.1) is 23.5 Å². The molecule has 3 aromatic heterocycles. The van der Waals surface area contributed by atoms with Gasteiger partial charge in [0.2, 0.25) is 0 Å². The van der Waals surface area contributed by atoms with Crippen LogP contribution in [0.25, 0.3) is 16.9 Å². The van der Waals surface area contributed by atoms with E-state index in [4.69, 9.17) is 10.5 Å². The van der Waals surface area contributed by atoms with E-state index in [-0.39, 0.29) is 11.3 Å². The number of carbonyl (C=O) groups is 1. The fourth-order valence-electron chi connectivity index (χ4n) is 2.27. The largest absolute Gasteiger partial charge is 0.478 e. The lowest BCUT2D eigenvalue weighted by Gasteiger charge is -2.12. The first-order valence-corrected chi connectivity index (χ1v) is 7.17. The number of carboxylic acids is 1. The average molecular weight is 333 g/mol. The molecular formula is C16H11N7O2. The van der Waals surface area contributed by atoms with E-state index in [1.807, 2.05) is 12.1 Å². The number of aromatic nitrogens is 4. The molecule has 0 saturated carbocycles. The van der Waals surface area contributed by atoms with Crippen molar-refractivity contribution < 1.29 is 9.90 Å². The van der Waals surface area contributed by atoms with Crippen LogP contribution < -0.4 is 5.32 Å². The summed E-state index contributed by atoms with van der Waals surface area (Å²) in [5, 5.41) is 34.8. The quantitative estimate of drug-likeness (QED) is 0.735. The lowest BCUT2D eigenvalue weighted by atomic mass is 10.2. The summed E-state index contributed by atoms with van der Waals surface area (Å²) in [6, 6.07) is 6.54. The van der Waals surface area contributed by atoms with E-state index in [1.165, 1.54) is 23.1 Å². The number of nitriles is 2. The van der Waals surface area contributed by atoms with Crippen LogP contribution in [0.5, 0.6) is 0 Å². The number of hydrogen-bond donors (Lipinski definition) is 2. The molecule has 3 rings (SSSR count). The van der Waals surface area contributed by atoms with Crippen molar-refractivity contribution in [3.63, 3.8) is 0 Å². The number of aromatic carboxylic acids is 1. The summed E-state index contributed by atoms with van der Waals surface area (Å²) < 4.78 is 1.43. The Bertz CT molecular complexity index is 1060. The Morgan fingerprint density at radius 2 is 2.08 bits per heavy atom. The van der Waals surface area contributed by atoms with Gasteiger partial charge in [-0.3, -0.25) is 0 Å². The van der Waals surface area contributed by atoms with Crippen LogP contribution in [0.2, 0.25) is 0 Å². The summed E-state index contributed by atoms with van der Waals surface area (Å²) in [5.41, 5.74) is 1.09. The first-order chi connectivity index (χ1) is 12.0. The molecule has 0 amide bonds. The molecular weight excluding hydrogens is 322 g/mol. The van der Waals surface area contributed by atoms with E-state index in [1.54, 1.807) is 19.2 Å². The minimum atomic E-state index is -1.16. The van der Waals surface area contributed by atoms with Crippen LogP contribution in [0, 0.1) is 22.7 Å². The monoisotopic (exact) mass is 333 g/mol. The fourth-order valence-corrected chi connectivity index (χ4v) is 2.27. The lowest BCUT2D eigenvalue weighted by molar-refractivity contribution is 0.0697. The van der Waals surface area contributed by atoms with Gasteiger partial charge in [-0.1, -0.05) is 0 Å². The molecule has 0 aliphatic rings. The second-order valence-corrected chi connectivity index (χ2v) is 5.19. The van der Waals surface area contributed by atoms with Gasteiger partial charge in [0.1, 0.15) is 17.7 Å². The normalized spacial score (nSPS) is 11.5. The summed E-state index contributed by atoms with van der Waals surface area (Å²) in [6.07, 6.45) is 4.16.